The molecule has 2 aliphatic rings. The van der Waals surface area contributed by atoms with Crippen molar-refractivity contribution in [1.82, 2.24) is 0 Å². The van der Waals surface area contributed by atoms with Gasteiger partial charge in [0.05, 0.1) is 0 Å². The van der Waals surface area contributed by atoms with Crippen molar-refractivity contribution in [2.75, 3.05) is 0 Å². The summed E-state index contributed by atoms with van der Waals surface area (Å²) in [5.41, 5.74) is 8.38. The third-order valence-corrected chi connectivity index (χ3v) is 9.62. The van der Waals surface area contributed by atoms with Gasteiger partial charge < -0.3 is 0 Å². The maximum Gasteiger partial charge on any atom is 0.158 e. The number of ketones is 1. The van der Waals surface area contributed by atoms with Gasteiger partial charge in [-0.25, -0.2) is 0 Å². The molecule has 0 aliphatic heterocycles. The minimum Gasteiger partial charge on any atom is -0.295 e. The highest BCUT2D eigenvalue weighted by Crippen LogP contribution is 2.41. The Morgan fingerprint density at radius 2 is 1.51 bits per heavy atom. The fourth-order valence-corrected chi connectivity index (χ4v) is 6.54. The third-order valence-electron chi connectivity index (χ3n) is 9.62. The second-order valence-electron chi connectivity index (χ2n) is 14.6. The first-order chi connectivity index (χ1) is 19.2. The van der Waals surface area contributed by atoms with Crippen LogP contribution >= 0.6 is 0 Å². The number of hydrogen-bond donors (Lipinski definition) is 0. The summed E-state index contributed by atoms with van der Waals surface area (Å²) in [7, 11) is 0. The van der Waals surface area contributed by atoms with Gasteiger partial charge in [-0.3, -0.25) is 4.79 Å². The summed E-state index contributed by atoms with van der Waals surface area (Å²) in [6, 6.07) is 0. The van der Waals surface area contributed by atoms with Gasteiger partial charge in [0.1, 0.15) is 0 Å². The Labute approximate surface area is 254 Å². The van der Waals surface area contributed by atoms with Crippen molar-refractivity contribution in [3.8, 4) is 0 Å². The first-order valence-corrected chi connectivity index (χ1v) is 16.6. The molecule has 1 heteroatoms. The van der Waals surface area contributed by atoms with Gasteiger partial charge in [-0.1, -0.05) is 126 Å². The minimum atomic E-state index is 0.113. The molecule has 0 spiro atoms. The lowest BCUT2D eigenvalue weighted by Gasteiger charge is -2.32. The largest absolute Gasteiger partial charge is 0.295 e. The monoisotopic (exact) mass is 558 g/mol. The Morgan fingerprint density at radius 3 is 2.22 bits per heavy atom. The number of Topliss-reactive ketones (excluding diaryl/α,β-unsaturated/α-hetero) is 1. The Kier molecular flexibility index (Phi) is 14.1. The lowest BCUT2D eigenvalue weighted by molar-refractivity contribution is -0.116. The van der Waals surface area contributed by atoms with E-state index in [1.807, 2.05) is 6.92 Å². The molecule has 0 amide bonds. The summed E-state index contributed by atoms with van der Waals surface area (Å²) in [5, 5.41) is 0. The molecule has 2 aliphatic carbocycles. The third kappa shape index (κ3) is 11.9. The molecule has 2 rings (SSSR count). The lowest BCUT2D eigenvalue weighted by Crippen LogP contribution is -2.24. The second-order valence-corrected chi connectivity index (χ2v) is 14.6. The Balaban J connectivity index is 1.69. The molecule has 2 atom stereocenters. The Bertz CT molecular complexity index is 1090. The van der Waals surface area contributed by atoms with E-state index in [2.05, 4.69) is 111 Å². The molecule has 0 aromatic heterocycles. The fraction of sp³-hybridized carbons (Fsp3) is 0.625. The van der Waals surface area contributed by atoms with Crippen molar-refractivity contribution in [3.63, 3.8) is 0 Å². The predicted octanol–water partition coefficient (Wildman–Crippen LogP) is 12.4. The quantitative estimate of drug-likeness (QED) is 0.153. The zero-order valence-electron chi connectivity index (χ0n) is 28.5. The molecule has 0 aromatic carbocycles. The van der Waals surface area contributed by atoms with Crippen LogP contribution in [-0.4, -0.2) is 5.78 Å². The van der Waals surface area contributed by atoms with Crippen molar-refractivity contribution < 1.29 is 4.79 Å². The standard InChI is InChI=1S/C40H62O/c1-30(18-13-20-32(3)23-25-36-34(5)22-15-28-39(36,7)8)16-11-12-17-31(2)19-14-21-33(4)24-26-37-35(6)38(41)27-29-40(37,9)10/h13,16,18,20,23-26,31,33H,11-12,14-15,17,19,21-22,27-29H2,1-10H3/b18-13+,25-23+,26-24+,30-16+,32-20-. The molecule has 41 heavy (non-hydrogen) atoms. The topological polar surface area (TPSA) is 17.1 Å². The van der Waals surface area contributed by atoms with Crippen LogP contribution in [0.25, 0.3) is 0 Å². The normalized spacial score (nSPS) is 22.0. The van der Waals surface area contributed by atoms with Crippen LogP contribution in [0.4, 0.5) is 0 Å². The highest BCUT2D eigenvalue weighted by atomic mass is 16.1. The average molecular weight is 559 g/mol. The smallest absolute Gasteiger partial charge is 0.158 e. The van der Waals surface area contributed by atoms with Crippen LogP contribution in [-0.2, 0) is 4.79 Å². The molecular weight excluding hydrogens is 496 g/mol. The van der Waals surface area contributed by atoms with E-state index in [-0.39, 0.29) is 5.41 Å². The SMILES string of the molecule is CC1=C(/C=C/C(C)=C\C=C\C(C)=C\CCCC(C)CCCC(C)/C=C/C2=C(C)C(=O)CCC2(C)C)C(C)(C)CCC1. The van der Waals surface area contributed by atoms with E-state index >= 15 is 0 Å². The lowest BCUT2D eigenvalue weighted by atomic mass is 9.72. The van der Waals surface area contributed by atoms with Crippen molar-refractivity contribution in [3.05, 3.63) is 82.0 Å². The summed E-state index contributed by atoms with van der Waals surface area (Å²) in [6.45, 7) is 22.8. The van der Waals surface area contributed by atoms with Crippen molar-refractivity contribution in [2.45, 2.75) is 140 Å². The first kappa shape index (κ1) is 35.0. The second kappa shape index (κ2) is 16.5. The number of unbranched alkanes of at least 4 members (excludes halogenated alkanes) is 1. The van der Waals surface area contributed by atoms with Gasteiger partial charge >= 0.3 is 0 Å². The van der Waals surface area contributed by atoms with Gasteiger partial charge in [0.15, 0.2) is 5.78 Å². The molecule has 0 bridgehead atoms. The summed E-state index contributed by atoms with van der Waals surface area (Å²) in [5.74, 6) is 1.66. The summed E-state index contributed by atoms with van der Waals surface area (Å²) in [4.78, 5) is 12.2. The zero-order chi connectivity index (χ0) is 30.6. The van der Waals surface area contributed by atoms with Crippen LogP contribution in [0.2, 0.25) is 0 Å². The van der Waals surface area contributed by atoms with Gasteiger partial charge in [0, 0.05) is 6.42 Å². The highest BCUT2D eigenvalue weighted by molar-refractivity contribution is 5.97. The zero-order valence-corrected chi connectivity index (χ0v) is 28.5. The Hall–Kier alpha value is -2.15. The van der Waals surface area contributed by atoms with Gasteiger partial charge in [-0.15, -0.1) is 0 Å². The number of carbonyl (C=O) groups excluding carboxylic acids is 1. The average Bonchev–Trinajstić information content (AvgIpc) is 2.88. The molecule has 0 fully saturated rings. The molecule has 0 radical (unpaired) electrons. The van der Waals surface area contributed by atoms with Crippen LogP contribution < -0.4 is 0 Å². The number of carbonyl (C=O) groups is 1. The molecule has 0 aromatic rings. The number of hydrogen-bond acceptors (Lipinski definition) is 1. The van der Waals surface area contributed by atoms with Gasteiger partial charge in [-0.05, 0) is 112 Å². The summed E-state index contributed by atoms with van der Waals surface area (Å²) < 4.78 is 0. The summed E-state index contributed by atoms with van der Waals surface area (Å²) in [6.07, 6.45) is 31.3. The van der Waals surface area contributed by atoms with E-state index in [0.717, 1.165) is 24.3 Å². The van der Waals surface area contributed by atoms with E-state index in [0.29, 0.717) is 23.5 Å². The minimum absolute atomic E-state index is 0.113. The van der Waals surface area contributed by atoms with Gasteiger partial charge in [-0.2, -0.15) is 0 Å². The summed E-state index contributed by atoms with van der Waals surface area (Å²) >= 11 is 0. The maximum absolute atomic E-state index is 12.2. The van der Waals surface area contributed by atoms with E-state index in [1.165, 1.54) is 73.7 Å². The predicted molar refractivity (Wildman–Crippen MR) is 182 cm³/mol. The van der Waals surface area contributed by atoms with E-state index in [1.54, 1.807) is 5.57 Å². The van der Waals surface area contributed by atoms with E-state index in [9.17, 15) is 4.79 Å². The molecule has 0 saturated carbocycles. The van der Waals surface area contributed by atoms with Crippen molar-refractivity contribution >= 4 is 5.78 Å². The fourth-order valence-electron chi connectivity index (χ4n) is 6.54. The highest BCUT2D eigenvalue weighted by Gasteiger charge is 2.30. The van der Waals surface area contributed by atoms with Crippen LogP contribution in [0.15, 0.2) is 82.0 Å². The van der Waals surface area contributed by atoms with Crippen LogP contribution in [0.1, 0.15) is 140 Å². The Morgan fingerprint density at radius 1 is 0.829 bits per heavy atom. The van der Waals surface area contributed by atoms with Gasteiger partial charge in [0.25, 0.3) is 0 Å². The van der Waals surface area contributed by atoms with Gasteiger partial charge in [0.2, 0.25) is 0 Å². The molecule has 0 heterocycles. The molecule has 1 nitrogen and oxygen atoms in total. The van der Waals surface area contributed by atoms with E-state index in [4.69, 9.17) is 0 Å². The first-order valence-electron chi connectivity index (χ1n) is 16.6. The molecule has 0 N–H and O–H groups in total. The van der Waals surface area contributed by atoms with Crippen LogP contribution in [0, 0.1) is 22.7 Å². The number of allylic oxidation sites excluding steroid dienone is 14. The molecular formula is C40H62O. The maximum atomic E-state index is 12.2. The van der Waals surface area contributed by atoms with Crippen molar-refractivity contribution in [1.29, 1.82) is 0 Å². The van der Waals surface area contributed by atoms with Crippen LogP contribution in [0.3, 0.4) is 0 Å². The molecule has 228 valence electrons. The molecule has 0 saturated heterocycles. The number of rotatable bonds is 14. The van der Waals surface area contributed by atoms with Crippen LogP contribution in [0.5, 0.6) is 0 Å². The molecule has 2 unspecified atom stereocenters. The van der Waals surface area contributed by atoms with E-state index < -0.39 is 0 Å². The van der Waals surface area contributed by atoms with Crippen molar-refractivity contribution in [2.24, 2.45) is 22.7 Å².